The maximum Gasteiger partial charge on any atom is 0.306 e. The van der Waals surface area contributed by atoms with Gasteiger partial charge in [-0.3, -0.25) is 9.59 Å². The number of aliphatic hydroxyl groups excluding tert-OH is 2. The van der Waals surface area contributed by atoms with Gasteiger partial charge in [-0.15, -0.1) is 0 Å². The number of hydrogen-bond donors (Lipinski definition) is 3. The highest BCUT2D eigenvalue weighted by molar-refractivity contribution is 5.77. The molecule has 0 spiro atoms. The van der Waals surface area contributed by atoms with Crippen LogP contribution in [-0.4, -0.2) is 46.9 Å². The van der Waals surface area contributed by atoms with Crippen LogP contribution in [0.15, 0.2) is 12.2 Å². The summed E-state index contributed by atoms with van der Waals surface area (Å²) in [6.45, 7) is 6.52. The lowest BCUT2D eigenvalue weighted by molar-refractivity contribution is -0.151. The molecule has 3 N–H and O–H groups in total. The molecule has 0 fully saturated rings. The predicted octanol–water partition coefficient (Wildman–Crippen LogP) is 17.3. The number of amides is 1. The highest BCUT2D eigenvalue weighted by Gasteiger charge is 2.24. The van der Waals surface area contributed by atoms with Crippen molar-refractivity contribution < 1.29 is 24.5 Å². The SMILES string of the molecule is CCCCCCCCC/C=C/CCCCCC(CC(=O)NC(CO)C(O)CCCCCCCCCCCCCCCCCCC)OC(=O)CCCCCCCCCCCCCCC. The Morgan fingerprint density at radius 1 is 0.444 bits per heavy atom. The second-order valence-electron chi connectivity index (χ2n) is 19.7. The Morgan fingerprint density at radius 3 is 1.14 bits per heavy atom. The van der Waals surface area contributed by atoms with Crippen LogP contribution in [0.3, 0.4) is 0 Å². The first kappa shape index (κ1) is 61.6. The van der Waals surface area contributed by atoms with Crippen molar-refractivity contribution in [1.29, 1.82) is 0 Å². The van der Waals surface area contributed by atoms with Gasteiger partial charge in [-0.25, -0.2) is 0 Å². The minimum absolute atomic E-state index is 0.0744. The zero-order chi connectivity index (χ0) is 45.9. The predicted molar refractivity (Wildman–Crippen MR) is 273 cm³/mol. The van der Waals surface area contributed by atoms with Crippen LogP contribution >= 0.6 is 0 Å². The minimum Gasteiger partial charge on any atom is -0.462 e. The summed E-state index contributed by atoms with van der Waals surface area (Å²) in [4.78, 5) is 26.2. The summed E-state index contributed by atoms with van der Waals surface area (Å²) in [7, 11) is 0. The highest BCUT2D eigenvalue weighted by atomic mass is 16.5. The summed E-state index contributed by atoms with van der Waals surface area (Å²) in [6, 6.07) is -0.700. The summed E-state index contributed by atoms with van der Waals surface area (Å²) >= 11 is 0. The molecule has 63 heavy (non-hydrogen) atoms. The molecule has 0 saturated heterocycles. The number of ether oxygens (including phenoxy) is 1. The van der Waals surface area contributed by atoms with Gasteiger partial charge in [-0.05, 0) is 51.4 Å². The van der Waals surface area contributed by atoms with Gasteiger partial charge in [0, 0.05) is 6.42 Å². The van der Waals surface area contributed by atoms with Crippen LogP contribution in [0.1, 0.15) is 316 Å². The van der Waals surface area contributed by atoms with Gasteiger partial charge in [0.1, 0.15) is 6.10 Å². The van der Waals surface area contributed by atoms with Crippen molar-refractivity contribution in [3.8, 4) is 0 Å². The normalized spacial score (nSPS) is 13.2. The van der Waals surface area contributed by atoms with Gasteiger partial charge in [-0.2, -0.15) is 0 Å². The molecule has 0 heterocycles. The van der Waals surface area contributed by atoms with Gasteiger partial charge >= 0.3 is 5.97 Å². The van der Waals surface area contributed by atoms with E-state index in [9.17, 15) is 19.8 Å². The number of unbranched alkanes of at least 4 members (excludes halogenated alkanes) is 38. The standard InChI is InChI=1S/C57H111NO5/c1-4-7-10-13-16-19-22-25-27-28-29-32-34-37-40-43-46-49-55(60)54(52-59)58-56(61)51-53(48-45-42-39-36-33-31-26-23-20-17-14-11-8-5-2)63-57(62)50-47-44-41-38-35-30-24-21-18-15-12-9-6-3/h31,33,53-55,59-60H,4-30,32,34-52H2,1-3H3,(H,58,61)/b33-31+. The van der Waals surface area contributed by atoms with Crippen LogP contribution < -0.4 is 5.32 Å². The number of aliphatic hydroxyl groups is 2. The molecule has 0 aliphatic rings. The zero-order valence-electron chi connectivity index (χ0n) is 42.7. The molecule has 0 aromatic rings. The summed E-state index contributed by atoms with van der Waals surface area (Å²) in [5.41, 5.74) is 0. The first-order chi connectivity index (χ1) is 31.0. The number of carbonyl (C=O) groups excluding carboxylic acids is 2. The molecule has 0 bridgehead atoms. The summed E-state index contributed by atoms with van der Waals surface area (Å²) < 4.78 is 5.95. The number of esters is 1. The molecule has 3 unspecified atom stereocenters. The van der Waals surface area contributed by atoms with Crippen LogP contribution in [0, 0.1) is 0 Å². The van der Waals surface area contributed by atoms with E-state index < -0.39 is 18.2 Å². The van der Waals surface area contributed by atoms with E-state index in [0.717, 1.165) is 57.8 Å². The van der Waals surface area contributed by atoms with Gasteiger partial charge in [0.25, 0.3) is 0 Å². The lowest BCUT2D eigenvalue weighted by Gasteiger charge is -2.24. The monoisotopic (exact) mass is 890 g/mol. The third-order valence-corrected chi connectivity index (χ3v) is 13.3. The molecule has 1 amide bonds. The Balaban J connectivity index is 4.49. The molecule has 0 radical (unpaired) electrons. The third kappa shape index (κ3) is 46.9. The molecule has 374 valence electrons. The molecular weight excluding hydrogens is 779 g/mol. The summed E-state index contributed by atoms with van der Waals surface area (Å²) in [5, 5.41) is 23.9. The van der Waals surface area contributed by atoms with Gasteiger partial charge in [0.2, 0.25) is 5.91 Å². The van der Waals surface area contributed by atoms with Crippen molar-refractivity contribution >= 4 is 11.9 Å². The lowest BCUT2D eigenvalue weighted by atomic mass is 10.0. The van der Waals surface area contributed by atoms with Crippen LogP contribution in [0.5, 0.6) is 0 Å². The van der Waals surface area contributed by atoms with Crippen molar-refractivity contribution in [2.75, 3.05) is 6.61 Å². The van der Waals surface area contributed by atoms with E-state index in [1.165, 1.54) is 212 Å². The van der Waals surface area contributed by atoms with Gasteiger partial charge in [0.15, 0.2) is 0 Å². The quantitative estimate of drug-likeness (QED) is 0.0321. The molecule has 0 aliphatic heterocycles. The maximum absolute atomic E-state index is 13.2. The summed E-state index contributed by atoms with van der Waals surface area (Å²) in [6.07, 6.45) is 58.5. The summed E-state index contributed by atoms with van der Waals surface area (Å²) in [5.74, 6) is -0.468. The number of rotatable bonds is 52. The van der Waals surface area contributed by atoms with Crippen LogP contribution in [0.25, 0.3) is 0 Å². The fourth-order valence-electron chi connectivity index (χ4n) is 9.02. The maximum atomic E-state index is 13.2. The van der Waals surface area contributed by atoms with E-state index in [2.05, 4.69) is 38.2 Å². The topological polar surface area (TPSA) is 95.9 Å². The molecule has 6 heteroatoms. The van der Waals surface area contributed by atoms with E-state index in [4.69, 9.17) is 4.74 Å². The number of carbonyl (C=O) groups is 2. The molecule has 0 rings (SSSR count). The third-order valence-electron chi connectivity index (χ3n) is 13.3. The van der Waals surface area contributed by atoms with Crippen LogP contribution in [0.2, 0.25) is 0 Å². The first-order valence-electron chi connectivity index (χ1n) is 28.4. The number of nitrogens with one attached hydrogen (secondary N) is 1. The number of allylic oxidation sites excluding steroid dienone is 2. The van der Waals surface area contributed by atoms with Gasteiger partial charge < -0.3 is 20.3 Å². The van der Waals surface area contributed by atoms with E-state index in [-0.39, 0.29) is 24.9 Å². The second kappa shape index (κ2) is 51.6. The fourth-order valence-corrected chi connectivity index (χ4v) is 9.02. The van der Waals surface area contributed by atoms with Crippen molar-refractivity contribution in [2.45, 2.75) is 334 Å². The van der Waals surface area contributed by atoms with Crippen molar-refractivity contribution in [3.05, 3.63) is 12.2 Å². The smallest absolute Gasteiger partial charge is 0.306 e. The largest absolute Gasteiger partial charge is 0.462 e. The molecule has 0 aromatic carbocycles. The van der Waals surface area contributed by atoms with Crippen molar-refractivity contribution in [1.82, 2.24) is 5.32 Å². The van der Waals surface area contributed by atoms with Gasteiger partial charge in [-0.1, -0.05) is 264 Å². The van der Waals surface area contributed by atoms with E-state index in [1.54, 1.807) is 0 Å². The Labute approximate surface area is 393 Å². The molecule has 6 nitrogen and oxygen atoms in total. The Kier molecular flexibility index (Phi) is 50.4. The van der Waals surface area contributed by atoms with E-state index >= 15 is 0 Å². The van der Waals surface area contributed by atoms with Crippen LogP contribution in [-0.2, 0) is 14.3 Å². The van der Waals surface area contributed by atoms with Crippen LogP contribution in [0.4, 0.5) is 0 Å². The minimum atomic E-state index is -0.786. The lowest BCUT2D eigenvalue weighted by Crippen LogP contribution is -2.46. The molecular formula is C57H111NO5. The Bertz CT molecular complexity index is 955. The van der Waals surface area contributed by atoms with Gasteiger partial charge in [0.05, 0.1) is 25.2 Å². The highest BCUT2D eigenvalue weighted by Crippen LogP contribution is 2.19. The van der Waals surface area contributed by atoms with E-state index in [1.807, 2.05) is 0 Å². The van der Waals surface area contributed by atoms with E-state index in [0.29, 0.717) is 19.3 Å². The molecule has 3 atom stereocenters. The fraction of sp³-hybridized carbons (Fsp3) is 0.930. The molecule has 0 aliphatic carbocycles. The van der Waals surface area contributed by atoms with Crippen molar-refractivity contribution in [2.24, 2.45) is 0 Å². The Hall–Kier alpha value is -1.40. The second-order valence-corrected chi connectivity index (χ2v) is 19.7. The Morgan fingerprint density at radius 2 is 0.762 bits per heavy atom. The molecule has 0 aromatic heterocycles. The average molecular weight is 891 g/mol. The first-order valence-corrected chi connectivity index (χ1v) is 28.4. The zero-order valence-corrected chi connectivity index (χ0v) is 42.7. The molecule has 0 saturated carbocycles. The average Bonchev–Trinajstić information content (AvgIpc) is 3.28. The van der Waals surface area contributed by atoms with Crippen molar-refractivity contribution in [3.63, 3.8) is 0 Å². The number of hydrogen-bond acceptors (Lipinski definition) is 5.